The van der Waals surface area contributed by atoms with E-state index < -0.39 is 13.2 Å². The van der Waals surface area contributed by atoms with E-state index in [9.17, 15) is 4.57 Å². The van der Waals surface area contributed by atoms with Gasteiger partial charge in [0.25, 0.3) is 5.88 Å². The van der Waals surface area contributed by atoms with Gasteiger partial charge in [0.15, 0.2) is 5.15 Å². The number of imidazole rings is 1. The Labute approximate surface area is 72.7 Å². The molecular formula is C4H6ClN2O4P. The molecule has 0 amide bonds. The lowest BCUT2D eigenvalue weighted by molar-refractivity contribution is 0.382. The van der Waals surface area contributed by atoms with Gasteiger partial charge in [0.2, 0.25) is 5.57 Å². The Morgan fingerprint density at radius 3 is 2.50 bits per heavy atom. The van der Waals surface area contributed by atoms with E-state index in [2.05, 4.69) is 14.7 Å². The van der Waals surface area contributed by atoms with Gasteiger partial charge in [-0.2, -0.15) is 4.98 Å². The molecule has 0 saturated heterocycles. The van der Waals surface area contributed by atoms with E-state index in [-0.39, 0.29) is 11.0 Å². The van der Waals surface area contributed by atoms with Crippen LogP contribution in [0.15, 0.2) is 0 Å². The topological polar surface area (TPSA) is 95.4 Å². The molecule has 0 bridgehead atoms. The molecule has 1 aromatic rings. The molecule has 0 aromatic carbocycles. The Kier molecular flexibility index (Phi) is 2.44. The van der Waals surface area contributed by atoms with Crippen LogP contribution in [0, 0.1) is 0 Å². The molecule has 12 heavy (non-hydrogen) atoms. The summed E-state index contributed by atoms with van der Waals surface area (Å²) in [7, 11) is -3.07. The summed E-state index contributed by atoms with van der Waals surface area (Å²) in [6, 6.07) is 0. The van der Waals surface area contributed by atoms with Crippen LogP contribution in [-0.2, 0) is 4.57 Å². The van der Waals surface area contributed by atoms with Crippen molar-refractivity contribution in [2.24, 2.45) is 0 Å². The summed E-state index contributed by atoms with van der Waals surface area (Å²) >= 11 is 5.46. The Bertz CT molecular complexity index is 332. The first-order valence-corrected chi connectivity index (χ1v) is 4.80. The van der Waals surface area contributed by atoms with Crippen LogP contribution >= 0.6 is 19.2 Å². The van der Waals surface area contributed by atoms with Crippen molar-refractivity contribution in [3.8, 4) is 5.88 Å². The number of halogens is 1. The molecule has 0 radical (unpaired) electrons. The number of ether oxygens (including phenoxy) is 1. The highest BCUT2D eigenvalue weighted by molar-refractivity contribution is 7.59. The van der Waals surface area contributed by atoms with E-state index >= 15 is 0 Å². The van der Waals surface area contributed by atoms with Gasteiger partial charge in [-0.15, -0.1) is 0 Å². The van der Waals surface area contributed by atoms with Crippen LogP contribution < -0.4 is 10.3 Å². The predicted octanol–water partition coefficient (Wildman–Crippen LogP) is -0.125. The molecule has 8 heteroatoms. The molecule has 3 N–H and O–H groups in total. The van der Waals surface area contributed by atoms with Crippen molar-refractivity contribution in [3.05, 3.63) is 5.15 Å². The Hall–Kier alpha value is -0.550. The second kappa shape index (κ2) is 3.06. The smallest absolute Gasteiger partial charge is 0.391 e. The van der Waals surface area contributed by atoms with Gasteiger partial charge in [0.1, 0.15) is 0 Å². The summed E-state index contributed by atoms with van der Waals surface area (Å²) in [6.45, 7) is 0. The number of aromatic nitrogens is 2. The molecule has 0 atom stereocenters. The van der Waals surface area contributed by atoms with E-state index in [0.29, 0.717) is 0 Å². The molecule has 0 aliphatic rings. The quantitative estimate of drug-likeness (QED) is 0.594. The van der Waals surface area contributed by atoms with Crippen molar-refractivity contribution in [3.63, 3.8) is 0 Å². The molecule has 6 nitrogen and oxygen atoms in total. The number of H-pyrrole nitrogens is 1. The second-order valence-electron chi connectivity index (χ2n) is 1.93. The molecule has 1 aromatic heterocycles. The highest BCUT2D eigenvalue weighted by Crippen LogP contribution is 2.33. The van der Waals surface area contributed by atoms with Gasteiger partial charge < -0.3 is 19.5 Å². The minimum Gasteiger partial charge on any atom is -0.479 e. The monoisotopic (exact) mass is 212 g/mol. The Morgan fingerprint density at radius 1 is 1.67 bits per heavy atom. The molecule has 68 valence electrons. The average Bonchev–Trinajstić information content (AvgIpc) is 2.29. The first-order valence-electron chi connectivity index (χ1n) is 2.80. The van der Waals surface area contributed by atoms with Gasteiger partial charge in [-0.05, 0) is 0 Å². The molecule has 0 unspecified atom stereocenters. The first-order chi connectivity index (χ1) is 5.45. The van der Waals surface area contributed by atoms with E-state index in [1.165, 1.54) is 7.11 Å². The summed E-state index contributed by atoms with van der Waals surface area (Å²) in [5, 5.41) is -0.0316. The predicted molar refractivity (Wildman–Crippen MR) is 41.8 cm³/mol. The van der Waals surface area contributed by atoms with Gasteiger partial charge in [-0.25, -0.2) is 0 Å². The van der Waals surface area contributed by atoms with Crippen LogP contribution in [0.3, 0.4) is 0 Å². The van der Waals surface area contributed by atoms with Crippen LogP contribution in [-0.4, -0.2) is 26.9 Å². The second-order valence-corrected chi connectivity index (χ2v) is 3.82. The lowest BCUT2D eigenvalue weighted by Gasteiger charge is -1.95. The number of hydrogen-bond acceptors (Lipinski definition) is 3. The maximum atomic E-state index is 10.6. The molecule has 1 heterocycles. The van der Waals surface area contributed by atoms with Gasteiger partial charge in [-0.1, -0.05) is 11.6 Å². The van der Waals surface area contributed by atoms with Crippen molar-refractivity contribution in [1.82, 2.24) is 9.97 Å². The number of nitrogens with one attached hydrogen (secondary N) is 1. The first kappa shape index (κ1) is 9.54. The third-order valence-corrected chi connectivity index (χ3v) is 2.11. The minimum atomic E-state index is -4.37. The fraction of sp³-hybridized carbons (Fsp3) is 0.250. The third-order valence-electron chi connectivity index (χ3n) is 1.09. The SMILES string of the molecule is COc1nc(P(=O)(O)O)[nH]c1Cl. The standard InChI is InChI=1S/C4H6ClN2O4P/c1-11-3-2(5)6-4(7-3)12(8,9)10/h1H3,(H,6,7)(H2,8,9,10). The number of nitrogens with zero attached hydrogens (tertiary/aromatic N) is 1. The van der Waals surface area contributed by atoms with E-state index in [4.69, 9.17) is 21.4 Å². The third kappa shape index (κ3) is 1.78. The van der Waals surface area contributed by atoms with Gasteiger partial charge in [0.05, 0.1) is 7.11 Å². The largest absolute Gasteiger partial charge is 0.479 e. The van der Waals surface area contributed by atoms with Gasteiger partial charge in [-0.3, -0.25) is 4.57 Å². The molecule has 0 fully saturated rings. The summed E-state index contributed by atoms with van der Waals surface area (Å²) in [4.78, 5) is 22.9. The van der Waals surface area contributed by atoms with E-state index in [1.807, 2.05) is 0 Å². The summed E-state index contributed by atoms with van der Waals surface area (Å²) < 4.78 is 15.2. The normalized spacial score (nSPS) is 11.7. The zero-order valence-electron chi connectivity index (χ0n) is 5.98. The summed E-state index contributed by atoms with van der Waals surface area (Å²) in [5.41, 5.74) is -0.496. The lowest BCUT2D eigenvalue weighted by atomic mass is 10.8. The van der Waals surface area contributed by atoms with Crippen LogP contribution in [0.2, 0.25) is 5.15 Å². The molecular weight excluding hydrogens is 206 g/mol. The average molecular weight is 213 g/mol. The zero-order chi connectivity index (χ0) is 9.35. The molecule has 1 rings (SSSR count). The minimum absolute atomic E-state index is 0.0316. The molecule has 0 spiro atoms. The highest BCUT2D eigenvalue weighted by Gasteiger charge is 2.24. The van der Waals surface area contributed by atoms with E-state index in [0.717, 1.165) is 0 Å². The number of rotatable bonds is 2. The zero-order valence-corrected chi connectivity index (χ0v) is 7.63. The number of hydrogen-bond donors (Lipinski definition) is 3. The van der Waals surface area contributed by atoms with Gasteiger partial charge in [0, 0.05) is 0 Å². The highest BCUT2D eigenvalue weighted by atomic mass is 35.5. The van der Waals surface area contributed by atoms with Crippen LogP contribution in [0.1, 0.15) is 0 Å². The van der Waals surface area contributed by atoms with Crippen LogP contribution in [0.25, 0.3) is 0 Å². The molecule has 0 aliphatic carbocycles. The lowest BCUT2D eigenvalue weighted by Crippen LogP contribution is -2.07. The van der Waals surface area contributed by atoms with E-state index in [1.54, 1.807) is 0 Å². The maximum absolute atomic E-state index is 10.6. The Balaban J connectivity index is 3.14. The number of methoxy groups -OCH3 is 1. The molecule has 0 aliphatic heterocycles. The van der Waals surface area contributed by atoms with Crippen LogP contribution in [0.4, 0.5) is 0 Å². The fourth-order valence-corrected chi connectivity index (χ4v) is 1.35. The van der Waals surface area contributed by atoms with Crippen molar-refractivity contribution >= 4 is 24.8 Å². The fourth-order valence-electron chi connectivity index (χ4n) is 0.598. The van der Waals surface area contributed by atoms with Crippen molar-refractivity contribution in [1.29, 1.82) is 0 Å². The van der Waals surface area contributed by atoms with Gasteiger partial charge >= 0.3 is 7.60 Å². The van der Waals surface area contributed by atoms with Crippen molar-refractivity contribution < 1.29 is 19.1 Å². The molecule has 0 saturated carbocycles. The van der Waals surface area contributed by atoms with Crippen molar-refractivity contribution in [2.45, 2.75) is 0 Å². The van der Waals surface area contributed by atoms with Crippen molar-refractivity contribution in [2.75, 3.05) is 7.11 Å². The number of aromatic amines is 1. The van der Waals surface area contributed by atoms with Crippen LogP contribution in [0.5, 0.6) is 5.88 Å². The summed E-state index contributed by atoms with van der Waals surface area (Å²) in [5.74, 6) is -0.0324. The Morgan fingerprint density at radius 2 is 2.25 bits per heavy atom. The maximum Gasteiger partial charge on any atom is 0.391 e. The summed E-state index contributed by atoms with van der Waals surface area (Å²) in [6.07, 6.45) is 0.